The Kier molecular flexibility index (Phi) is 4.41. The van der Waals surface area contributed by atoms with E-state index in [9.17, 15) is 0 Å². The van der Waals surface area contributed by atoms with Gasteiger partial charge in [-0.25, -0.2) is 9.97 Å². The lowest BCUT2D eigenvalue weighted by Crippen LogP contribution is -2.09. The largest absolute Gasteiger partial charge is 0.390 e. The average Bonchev–Trinajstić information content (AvgIpc) is 2.45. The van der Waals surface area contributed by atoms with Crippen molar-refractivity contribution >= 4 is 5.82 Å². The first kappa shape index (κ1) is 13.4. The number of nitrogens with zero attached hydrogens (tertiary/aromatic N) is 3. The van der Waals surface area contributed by atoms with Crippen molar-refractivity contribution in [3.8, 4) is 11.3 Å². The van der Waals surface area contributed by atoms with Gasteiger partial charge in [-0.15, -0.1) is 0 Å². The number of pyridine rings is 1. The Morgan fingerprint density at radius 2 is 2.05 bits per heavy atom. The molecule has 2 heterocycles. The van der Waals surface area contributed by atoms with E-state index in [1.165, 1.54) is 6.33 Å². The van der Waals surface area contributed by atoms with Crippen LogP contribution in [0.25, 0.3) is 11.3 Å². The molecule has 100 valence electrons. The standard InChI is InChI=1S/C14H18N4O/c1-10(2)7-16-14-6-13(17-9-18-14)11-3-4-15-12(5-11)8-19/h3-6,9-10,19H,7-8H2,1-2H3,(H,16,17,18). The van der Waals surface area contributed by atoms with E-state index in [4.69, 9.17) is 5.11 Å². The molecule has 0 spiro atoms. The van der Waals surface area contributed by atoms with E-state index in [1.54, 1.807) is 6.20 Å². The van der Waals surface area contributed by atoms with Gasteiger partial charge in [-0.1, -0.05) is 13.8 Å². The Balaban J connectivity index is 2.22. The van der Waals surface area contributed by atoms with Crippen LogP contribution in [0.4, 0.5) is 5.82 Å². The van der Waals surface area contributed by atoms with E-state index in [-0.39, 0.29) is 6.61 Å². The van der Waals surface area contributed by atoms with Crippen molar-refractivity contribution in [3.63, 3.8) is 0 Å². The Hall–Kier alpha value is -2.01. The summed E-state index contributed by atoms with van der Waals surface area (Å²) in [5.74, 6) is 1.36. The molecule has 0 aromatic carbocycles. The molecule has 0 aliphatic rings. The Morgan fingerprint density at radius 3 is 2.79 bits per heavy atom. The van der Waals surface area contributed by atoms with E-state index in [0.717, 1.165) is 23.6 Å². The van der Waals surface area contributed by atoms with Crippen molar-refractivity contribution in [1.82, 2.24) is 15.0 Å². The van der Waals surface area contributed by atoms with Crippen molar-refractivity contribution in [1.29, 1.82) is 0 Å². The number of anilines is 1. The van der Waals surface area contributed by atoms with Crippen molar-refractivity contribution in [3.05, 3.63) is 36.4 Å². The van der Waals surface area contributed by atoms with E-state index in [2.05, 4.69) is 34.1 Å². The molecule has 0 saturated carbocycles. The van der Waals surface area contributed by atoms with Gasteiger partial charge in [0.05, 0.1) is 18.0 Å². The van der Waals surface area contributed by atoms with Gasteiger partial charge in [0, 0.05) is 24.4 Å². The van der Waals surface area contributed by atoms with Gasteiger partial charge in [-0.2, -0.15) is 0 Å². The van der Waals surface area contributed by atoms with Gasteiger partial charge >= 0.3 is 0 Å². The lowest BCUT2D eigenvalue weighted by molar-refractivity contribution is 0.277. The normalized spacial score (nSPS) is 10.7. The molecule has 0 bridgehead atoms. The molecule has 0 saturated heterocycles. The minimum absolute atomic E-state index is 0.0720. The predicted molar refractivity (Wildman–Crippen MR) is 74.5 cm³/mol. The van der Waals surface area contributed by atoms with Crippen LogP contribution in [-0.4, -0.2) is 26.6 Å². The van der Waals surface area contributed by atoms with Crippen LogP contribution in [0.2, 0.25) is 0 Å². The number of hydrogen-bond acceptors (Lipinski definition) is 5. The van der Waals surface area contributed by atoms with E-state index < -0.39 is 0 Å². The van der Waals surface area contributed by atoms with Gasteiger partial charge in [-0.3, -0.25) is 4.98 Å². The second-order valence-corrected chi connectivity index (χ2v) is 4.76. The third-order valence-corrected chi connectivity index (χ3v) is 2.63. The second kappa shape index (κ2) is 6.24. The van der Waals surface area contributed by atoms with Crippen LogP contribution in [0.3, 0.4) is 0 Å². The molecule has 0 aliphatic heterocycles. The Labute approximate surface area is 112 Å². The van der Waals surface area contributed by atoms with Crippen LogP contribution >= 0.6 is 0 Å². The fourth-order valence-electron chi connectivity index (χ4n) is 1.64. The SMILES string of the molecule is CC(C)CNc1cc(-c2ccnc(CO)c2)ncn1. The number of aromatic nitrogens is 3. The Morgan fingerprint density at radius 1 is 1.21 bits per heavy atom. The summed E-state index contributed by atoms with van der Waals surface area (Å²) in [4.78, 5) is 12.5. The van der Waals surface area contributed by atoms with Crippen molar-refractivity contribution in [2.75, 3.05) is 11.9 Å². The van der Waals surface area contributed by atoms with Crippen LogP contribution in [0, 0.1) is 5.92 Å². The zero-order chi connectivity index (χ0) is 13.7. The number of rotatable bonds is 5. The molecular weight excluding hydrogens is 240 g/mol. The molecule has 5 nitrogen and oxygen atoms in total. The minimum atomic E-state index is -0.0720. The highest BCUT2D eigenvalue weighted by Crippen LogP contribution is 2.19. The molecule has 2 rings (SSSR count). The van der Waals surface area contributed by atoms with Gasteiger partial charge < -0.3 is 10.4 Å². The molecule has 0 fully saturated rings. The first-order valence-electron chi connectivity index (χ1n) is 6.31. The van der Waals surface area contributed by atoms with Gasteiger partial charge in [0.2, 0.25) is 0 Å². The molecule has 2 aromatic heterocycles. The van der Waals surface area contributed by atoms with Crippen molar-refractivity contribution in [2.24, 2.45) is 5.92 Å². The first-order chi connectivity index (χ1) is 9.19. The van der Waals surface area contributed by atoms with Crippen LogP contribution in [0.15, 0.2) is 30.7 Å². The van der Waals surface area contributed by atoms with Crippen molar-refractivity contribution < 1.29 is 5.11 Å². The smallest absolute Gasteiger partial charge is 0.129 e. The number of aliphatic hydroxyl groups is 1. The maximum Gasteiger partial charge on any atom is 0.129 e. The van der Waals surface area contributed by atoms with Crippen LogP contribution in [-0.2, 0) is 6.61 Å². The molecule has 19 heavy (non-hydrogen) atoms. The minimum Gasteiger partial charge on any atom is -0.390 e. The lowest BCUT2D eigenvalue weighted by Gasteiger charge is -2.09. The highest BCUT2D eigenvalue weighted by atomic mass is 16.3. The second-order valence-electron chi connectivity index (χ2n) is 4.76. The first-order valence-corrected chi connectivity index (χ1v) is 6.31. The summed E-state index contributed by atoms with van der Waals surface area (Å²) in [7, 11) is 0. The van der Waals surface area contributed by atoms with E-state index in [1.807, 2.05) is 18.2 Å². The number of hydrogen-bond donors (Lipinski definition) is 2. The summed E-state index contributed by atoms with van der Waals surface area (Å²) < 4.78 is 0. The van der Waals surface area contributed by atoms with Crippen LogP contribution in [0.5, 0.6) is 0 Å². The molecule has 0 atom stereocenters. The van der Waals surface area contributed by atoms with E-state index in [0.29, 0.717) is 11.6 Å². The van der Waals surface area contributed by atoms with Crippen molar-refractivity contribution in [2.45, 2.75) is 20.5 Å². The maximum absolute atomic E-state index is 9.10. The third-order valence-electron chi connectivity index (χ3n) is 2.63. The van der Waals surface area contributed by atoms with Gasteiger partial charge in [-0.05, 0) is 18.1 Å². The van der Waals surface area contributed by atoms with Gasteiger partial charge in [0.1, 0.15) is 12.1 Å². The molecule has 2 N–H and O–H groups in total. The predicted octanol–water partition coefficient (Wildman–Crippen LogP) is 2.10. The summed E-state index contributed by atoms with van der Waals surface area (Å²) in [5, 5.41) is 12.4. The quantitative estimate of drug-likeness (QED) is 0.859. The van der Waals surface area contributed by atoms with Crippen LogP contribution in [0.1, 0.15) is 19.5 Å². The molecular formula is C14H18N4O. The monoisotopic (exact) mass is 258 g/mol. The molecule has 5 heteroatoms. The molecule has 0 unspecified atom stereocenters. The number of nitrogens with one attached hydrogen (secondary N) is 1. The molecule has 2 aromatic rings. The lowest BCUT2D eigenvalue weighted by atomic mass is 10.1. The zero-order valence-electron chi connectivity index (χ0n) is 11.2. The van der Waals surface area contributed by atoms with E-state index >= 15 is 0 Å². The third kappa shape index (κ3) is 3.72. The summed E-state index contributed by atoms with van der Waals surface area (Å²) in [5.41, 5.74) is 2.38. The molecule has 0 aliphatic carbocycles. The fourth-order valence-corrected chi connectivity index (χ4v) is 1.64. The Bertz CT molecular complexity index is 542. The summed E-state index contributed by atoms with van der Waals surface area (Å²) in [6.45, 7) is 5.09. The summed E-state index contributed by atoms with van der Waals surface area (Å²) in [6, 6.07) is 5.60. The zero-order valence-corrected chi connectivity index (χ0v) is 11.2. The van der Waals surface area contributed by atoms with Crippen LogP contribution < -0.4 is 5.32 Å². The fraction of sp³-hybridized carbons (Fsp3) is 0.357. The average molecular weight is 258 g/mol. The topological polar surface area (TPSA) is 70.9 Å². The van der Waals surface area contributed by atoms with Gasteiger partial charge in [0.25, 0.3) is 0 Å². The van der Waals surface area contributed by atoms with Gasteiger partial charge in [0.15, 0.2) is 0 Å². The molecule has 0 radical (unpaired) electrons. The highest BCUT2D eigenvalue weighted by Gasteiger charge is 2.04. The molecule has 0 amide bonds. The number of aliphatic hydroxyl groups excluding tert-OH is 1. The summed E-state index contributed by atoms with van der Waals surface area (Å²) >= 11 is 0. The maximum atomic E-state index is 9.10. The highest BCUT2D eigenvalue weighted by molar-refractivity contribution is 5.62. The summed E-state index contributed by atoms with van der Waals surface area (Å²) in [6.07, 6.45) is 3.21.